The summed E-state index contributed by atoms with van der Waals surface area (Å²) < 4.78 is 83.0. The van der Waals surface area contributed by atoms with Crippen molar-refractivity contribution >= 4 is 28.3 Å². The highest BCUT2D eigenvalue weighted by Gasteiger charge is 2.53. The molecule has 15 unspecified atom stereocenters. The first-order valence-electron chi connectivity index (χ1n) is 24.6. The maximum absolute atomic E-state index is 13.2. The lowest BCUT2D eigenvalue weighted by Gasteiger charge is -2.46. The van der Waals surface area contributed by atoms with Crippen molar-refractivity contribution in [2.24, 2.45) is 11.7 Å². The summed E-state index contributed by atoms with van der Waals surface area (Å²) >= 11 is 0. The summed E-state index contributed by atoms with van der Waals surface area (Å²) in [4.78, 5) is 39.0. The van der Waals surface area contributed by atoms with Crippen LogP contribution in [0.4, 0.5) is 14.4 Å². The molecule has 3 aromatic rings. The van der Waals surface area contributed by atoms with Crippen molar-refractivity contribution in [1.82, 2.24) is 20.7 Å². The number of sulfonamides is 1. The zero-order chi connectivity index (χ0) is 52.6. The minimum atomic E-state index is -4.00. The predicted octanol–water partition coefficient (Wildman–Crippen LogP) is 2.36. The van der Waals surface area contributed by atoms with Crippen LogP contribution in [-0.2, 0) is 72.5 Å². The van der Waals surface area contributed by atoms with E-state index in [0.29, 0.717) is 6.42 Å². The Morgan fingerprint density at radius 1 is 0.649 bits per heavy atom. The van der Waals surface area contributed by atoms with Gasteiger partial charge in [0.05, 0.1) is 49.4 Å². The Bertz CT molecular complexity index is 2410. The van der Waals surface area contributed by atoms with Gasteiger partial charge in [-0.25, -0.2) is 27.5 Å². The third-order valence-electron chi connectivity index (χ3n) is 12.6. The van der Waals surface area contributed by atoms with E-state index < -0.39 is 132 Å². The number of aliphatic hydroxyl groups is 3. The number of carbonyl (C=O) groups excluding carboxylic acids is 3. The largest absolute Gasteiger partial charge is 0.445 e. The lowest BCUT2D eigenvalue weighted by Crippen LogP contribution is -2.63. The van der Waals surface area contributed by atoms with Crippen molar-refractivity contribution < 1.29 is 80.8 Å². The lowest BCUT2D eigenvalue weighted by molar-refractivity contribution is -0.287. The van der Waals surface area contributed by atoms with Crippen LogP contribution in [0, 0.1) is 5.92 Å². The number of hydrogen-bond donors (Lipinski definition) is 8. The van der Waals surface area contributed by atoms with Gasteiger partial charge in [0.25, 0.3) is 0 Å². The number of nitrogens with one attached hydrogen (secondary N) is 4. The maximum Gasteiger partial charge on any atom is 0.408 e. The molecular formula is C51H67N5O17S. The molecule has 0 radical (unpaired) electrons. The second-order valence-corrected chi connectivity index (χ2v) is 20.1. The van der Waals surface area contributed by atoms with Gasteiger partial charge in [0.2, 0.25) is 10.0 Å². The lowest BCUT2D eigenvalue weighted by atomic mass is 9.80. The minimum absolute atomic E-state index is 0.00855. The van der Waals surface area contributed by atoms with E-state index >= 15 is 0 Å². The molecule has 0 aromatic heterocycles. The molecule has 1 aliphatic carbocycles. The van der Waals surface area contributed by atoms with Crippen molar-refractivity contribution in [2.45, 2.75) is 132 Å². The molecule has 3 heterocycles. The van der Waals surface area contributed by atoms with E-state index in [9.17, 15) is 38.1 Å². The van der Waals surface area contributed by atoms with Gasteiger partial charge in [-0.05, 0) is 35.4 Å². The quantitative estimate of drug-likeness (QED) is 0.0529. The molecule has 9 N–H and O–H groups in total. The topological polar surface area (TPSA) is 303 Å². The Hall–Kier alpha value is -5.54. The van der Waals surface area contributed by atoms with Crippen LogP contribution in [0.5, 0.6) is 0 Å². The summed E-state index contributed by atoms with van der Waals surface area (Å²) in [7, 11) is -4.00. The smallest absolute Gasteiger partial charge is 0.408 e. The molecule has 15 atom stereocenters. The fourth-order valence-corrected chi connectivity index (χ4v) is 9.92. The fourth-order valence-electron chi connectivity index (χ4n) is 8.80. The third kappa shape index (κ3) is 16.0. The number of amides is 3. The summed E-state index contributed by atoms with van der Waals surface area (Å²) in [6.45, 7) is 2.58. The molecule has 0 bridgehead atoms. The summed E-state index contributed by atoms with van der Waals surface area (Å²) in [5.74, 6) is -1.02. The molecule has 3 aromatic carbocycles. The second kappa shape index (κ2) is 27.3. The number of nitrogens with two attached hydrogens (primary N) is 1. The summed E-state index contributed by atoms with van der Waals surface area (Å²) in [6, 6.07) is 24.1. The van der Waals surface area contributed by atoms with Crippen LogP contribution in [-0.4, -0.2) is 153 Å². The Morgan fingerprint density at radius 2 is 1.14 bits per heavy atom. The molecule has 404 valence electrons. The van der Waals surface area contributed by atoms with Crippen molar-refractivity contribution in [2.75, 3.05) is 25.4 Å². The van der Waals surface area contributed by atoms with Crippen LogP contribution in [0.3, 0.4) is 0 Å². The molecule has 1 saturated heterocycles. The van der Waals surface area contributed by atoms with E-state index in [1.807, 2.05) is 61.5 Å². The van der Waals surface area contributed by atoms with E-state index in [2.05, 4.69) is 20.7 Å². The van der Waals surface area contributed by atoms with Gasteiger partial charge in [-0.3, -0.25) is 0 Å². The van der Waals surface area contributed by atoms with Crippen LogP contribution < -0.4 is 26.4 Å². The van der Waals surface area contributed by atoms with E-state index in [0.717, 1.165) is 16.7 Å². The Balaban J connectivity index is 1.08. The van der Waals surface area contributed by atoms with Gasteiger partial charge >= 0.3 is 18.3 Å². The van der Waals surface area contributed by atoms with Crippen molar-refractivity contribution in [1.29, 1.82) is 0 Å². The van der Waals surface area contributed by atoms with Gasteiger partial charge in [0, 0.05) is 6.54 Å². The van der Waals surface area contributed by atoms with Crippen LogP contribution in [0.1, 0.15) is 43.4 Å². The van der Waals surface area contributed by atoms with Gasteiger partial charge in [0.1, 0.15) is 56.3 Å². The molecule has 23 heteroatoms. The normalized spacial score (nSPS) is 30.8. The zero-order valence-electron chi connectivity index (χ0n) is 41.0. The highest BCUT2D eigenvalue weighted by Crippen LogP contribution is 2.37. The predicted molar refractivity (Wildman–Crippen MR) is 264 cm³/mol. The number of hydrogen-bond acceptors (Lipinski definition) is 18. The summed E-state index contributed by atoms with van der Waals surface area (Å²) in [5, 5.41) is 42.9. The summed E-state index contributed by atoms with van der Waals surface area (Å²) in [5.41, 5.74) is 7.86. The average molecular weight is 1050 g/mol. The first-order valence-corrected chi connectivity index (χ1v) is 26.2. The minimum Gasteiger partial charge on any atom is -0.445 e. The fraction of sp³-hybridized carbons (Fsp3) is 0.510. The molecule has 3 aliphatic heterocycles. The first kappa shape index (κ1) is 56.2. The SMILES string of the molecule is CCC1C=CC(NC(=O)OCc2ccccc2)C(OC2C(C)CC(NS(=O)(=O)CCN)C(O)C2OC2OC(CO)C(OC3OC(CNC(=O)OCc4ccccc4)C=CC3NC(=O)OCc3ccccc3)C2O)O1. The molecule has 22 nitrogen and oxygen atoms in total. The molecule has 0 spiro atoms. The molecule has 4 aliphatic rings. The number of benzene rings is 3. The highest BCUT2D eigenvalue weighted by molar-refractivity contribution is 7.89. The number of carbonyl (C=O) groups is 3. The average Bonchev–Trinajstić information content (AvgIpc) is 3.70. The molecule has 3 amide bonds. The van der Waals surface area contributed by atoms with Crippen LogP contribution >= 0.6 is 0 Å². The molecule has 74 heavy (non-hydrogen) atoms. The summed E-state index contributed by atoms with van der Waals surface area (Å²) in [6.07, 6.45) is -9.37. The van der Waals surface area contributed by atoms with Crippen LogP contribution in [0.2, 0.25) is 0 Å². The van der Waals surface area contributed by atoms with E-state index in [1.54, 1.807) is 67.6 Å². The second-order valence-electron chi connectivity index (χ2n) is 18.2. The Kier molecular flexibility index (Phi) is 20.7. The van der Waals surface area contributed by atoms with Gasteiger partial charge in [0.15, 0.2) is 18.9 Å². The maximum atomic E-state index is 13.2. The monoisotopic (exact) mass is 1050 g/mol. The molecular weight excluding hydrogens is 987 g/mol. The number of alkyl carbamates (subject to hydrolysis) is 3. The van der Waals surface area contributed by atoms with Gasteiger partial charge in [-0.15, -0.1) is 0 Å². The van der Waals surface area contributed by atoms with Crippen LogP contribution in [0.25, 0.3) is 0 Å². The highest BCUT2D eigenvalue weighted by atomic mass is 32.2. The standard InChI is InChI=1S/C51H67N5O17S/c1-3-35-19-21-37(54-50(61)66-29-33-15-9-5-10-16-33)46(68-35)71-43-31(2)25-39(56-74(63,64)24-23-52)41(58)45(43)73-48-42(59)44(40(27-57)70-48)72-47-38(55-51(62)67-30-34-17-11-6-12-18-34)22-20-36(69-47)26-53-49(60)65-28-32-13-7-4-8-14-32/h4-22,31,35-48,56-59H,3,23-30,52H2,1-2H3,(H,53,60)(H,54,61)(H,55,62). The zero-order valence-corrected chi connectivity index (χ0v) is 41.9. The van der Waals surface area contributed by atoms with Crippen LogP contribution in [0.15, 0.2) is 115 Å². The molecule has 7 rings (SSSR count). The number of ether oxygens (including phenoxy) is 9. The van der Waals surface area contributed by atoms with Crippen molar-refractivity contribution in [3.05, 3.63) is 132 Å². The molecule has 1 saturated carbocycles. The van der Waals surface area contributed by atoms with E-state index in [1.165, 1.54) is 0 Å². The van der Waals surface area contributed by atoms with Crippen molar-refractivity contribution in [3.63, 3.8) is 0 Å². The van der Waals surface area contributed by atoms with Gasteiger partial charge in [-0.2, -0.15) is 0 Å². The van der Waals surface area contributed by atoms with Gasteiger partial charge < -0.3 is 79.6 Å². The van der Waals surface area contributed by atoms with Crippen molar-refractivity contribution in [3.8, 4) is 0 Å². The van der Waals surface area contributed by atoms with E-state index in [4.69, 9.17) is 48.4 Å². The first-order chi connectivity index (χ1) is 35.7. The van der Waals surface area contributed by atoms with E-state index in [-0.39, 0.29) is 39.3 Å². The third-order valence-corrected chi connectivity index (χ3v) is 14.1. The molecule has 2 fully saturated rings. The Morgan fingerprint density at radius 3 is 1.65 bits per heavy atom. The number of aliphatic hydroxyl groups excluding tert-OH is 3. The van der Waals surface area contributed by atoms with Gasteiger partial charge in [-0.1, -0.05) is 129 Å². The Labute approximate surface area is 429 Å². The number of rotatable bonds is 22.